The van der Waals surface area contributed by atoms with Crippen LogP contribution in [-0.2, 0) is 25.5 Å². The Morgan fingerprint density at radius 1 is 1.15 bits per heavy atom. The van der Waals surface area contributed by atoms with Gasteiger partial charge < -0.3 is 9.47 Å². The Kier molecular flexibility index (Phi) is 6.77. The Balaban J connectivity index is 2.51. The van der Waals surface area contributed by atoms with Crippen LogP contribution in [0.15, 0.2) is 24.3 Å². The van der Waals surface area contributed by atoms with E-state index < -0.39 is 0 Å². The Labute approximate surface area is 120 Å². The molecule has 0 amide bonds. The second-order valence-electron chi connectivity index (χ2n) is 5.20. The van der Waals surface area contributed by atoms with Crippen molar-refractivity contribution in [1.82, 2.24) is 0 Å². The van der Waals surface area contributed by atoms with Gasteiger partial charge in [0, 0.05) is 0 Å². The number of ether oxygens (including phenoxy) is 2. The third-order valence-electron chi connectivity index (χ3n) is 2.99. The zero-order valence-corrected chi connectivity index (χ0v) is 12.3. The highest BCUT2D eigenvalue weighted by Crippen LogP contribution is 2.18. The highest BCUT2D eigenvalue weighted by atomic mass is 16.6. The van der Waals surface area contributed by atoms with Gasteiger partial charge >= 0.3 is 5.97 Å². The first-order valence-corrected chi connectivity index (χ1v) is 6.85. The van der Waals surface area contributed by atoms with E-state index in [1.54, 1.807) is 6.92 Å². The minimum absolute atomic E-state index is 0.0906. The summed E-state index contributed by atoms with van der Waals surface area (Å²) >= 11 is 0. The molecule has 0 N–H and O–H groups in total. The number of esters is 1. The van der Waals surface area contributed by atoms with E-state index in [1.165, 1.54) is 5.56 Å². The van der Waals surface area contributed by atoms with Crippen molar-refractivity contribution in [2.45, 2.75) is 33.1 Å². The summed E-state index contributed by atoms with van der Waals surface area (Å²) in [5.74, 6) is -0.0171. The van der Waals surface area contributed by atoms with Crippen LogP contribution < -0.4 is 0 Å². The minimum Gasteiger partial charge on any atom is -0.464 e. The molecule has 0 radical (unpaired) electrons. The summed E-state index contributed by atoms with van der Waals surface area (Å²) in [6, 6.07) is 8.03. The molecule has 0 fully saturated rings. The molecule has 1 aromatic rings. The van der Waals surface area contributed by atoms with Crippen molar-refractivity contribution in [3.63, 3.8) is 0 Å². The third-order valence-corrected chi connectivity index (χ3v) is 2.99. The Morgan fingerprint density at radius 2 is 1.80 bits per heavy atom. The molecule has 20 heavy (non-hydrogen) atoms. The highest BCUT2D eigenvalue weighted by Gasteiger charge is 2.16. The fourth-order valence-electron chi connectivity index (χ4n) is 1.91. The standard InChI is InChI=1S/C16H22O4/c1-12(2)10-14-4-6-15(7-5-14)13(3)16(18)20-9-8-19-11-17/h4-7,11-13H,8-10H2,1-3H3. The quantitative estimate of drug-likeness (QED) is 0.417. The maximum absolute atomic E-state index is 11.8. The van der Waals surface area contributed by atoms with E-state index in [-0.39, 0.29) is 25.1 Å². The van der Waals surface area contributed by atoms with Crippen molar-refractivity contribution in [2.75, 3.05) is 13.2 Å². The number of benzene rings is 1. The summed E-state index contributed by atoms with van der Waals surface area (Å²) < 4.78 is 9.50. The average molecular weight is 278 g/mol. The lowest BCUT2D eigenvalue weighted by Crippen LogP contribution is -2.16. The molecule has 0 aliphatic heterocycles. The molecule has 1 atom stereocenters. The van der Waals surface area contributed by atoms with Crippen molar-refractivity contribution >= 4 is 12.4 Å². The Bertz CT molecular complexity index is 423. The summed E-state index contributed by atoms with van der Waals surface area (Å²) in [6.07, 6.45) is 1.03. The van der Waals surface area contributed by atoms with Crippen molar-refractivity contribution in [3.8, 4) is 0 Å². The lowest BCUT2D eigenvalue weighted by molar-refractivity contribution is -0.148. The second-order valence-corrected chi connectivity index (χ2v) is 5.20. The lowest BCUT2D eigenvalue weighted by atomic mass is 9.97. The van der Waals surface area contributed by atoms with Crippen LogP contribution in [0.3, 0.4) is 0 Å². The lowest BCUT2D eigenvalue weighted by Gasteiger charge is -2.12. The van der Waals surface area contributed by atoms with Gasteiger partial charge in [-0.05, 0) is 30.4 Å². The van der Waals surface area contributed by atoms with E-state index in [0.717, 1.165) is 12.0 Å². The summed E-state index contributed by atoms with van der Waals surface area (Å²) in [5.41, 5.74) is 2.20. The normalized spacial score (nSPS) is 12.0. The maximum atomic E-state index is 11.8. The van der Waals surface area contributed by atoms with Crippen LogP contribution in [0.2, 0.25) is 0 Å². The minimum atomic E-state index is -0.320. The molecule has 0 aliphatic rings. The van der Waals surface area contributed by atoms with E-state index in [9.17, 15) is 9.59 Å². The van der Waals surface area contributed by atoms with Gasteiger partial charge in [0.2, 0.25) is 0 Å². The predicted molar refractivity (Wildman–Crippen MR) is 76.4 cm³/mol. The van der Waals surface area contributed by atoms with Gasteiger partial charge in [-0.15, -0.1) is 0 Å². The smallest absolute Gasteiger partial charge is 0.313 e. The van der Waals surface area contributed by atoms with Crippen molar-refractivity contribution in [1.29, 1.82) is 0 Å². The van der Waals surface area contributed by atoms with E-state index in [0.29, 0.717) is 12.4 Å². The van der Waals surface area contributed by atoms with Crippen molar-refractivity contribution in [2.24, 2.45) is 5.92 Å². The first-order valence-electron chi connectivity index (χ1n) is 6.85. The molecule has 1 unspecified atom stereocenters. The molecule has 0 aliphatic carbocycles. The predicted octanol–water partition coefficient (Wildman–Crippen LogP) is 2.70. The number of hydrogen-bond acceptors (Lipinski definition) is 4. The van der Waals surface area contributed by atoms with Crippen molar-refractivity contribution in [3.05, 3.63) is 35.4 Å². The molecule has 110 valence electrons. The van der Waals surface area contributed by atoms with Crippen LogP contribution in [0.1, 0.15) is 37.8 Å². The highest BCUT2D eigenvalue weighted by molar-refractivity contribution is 5.77. The number of hydrogen-bond donors (Lipinski definition) is 0. The fraction of sp³-hybridized carbons (Fsp3) is 0.500. The molecule has 4 nitrogen and oxygen atoms in total. The van der Waals surface area contributed by atoms with E-state index in [2.05, 4.69) is 30.7 Å². The maximum Gasteiger partial charge on any atom is 0.313 e. The molecule has 4 heteroatoms. The van der Waals surface area contributed by atoms with Crippen LogP contribution in [0.4, 0.5) is 0 Å². The van der Waals surface area contributed by atoms with Gasteiger partial charge in [-0.1, -0.05) is 38.1 Å². The van der Waals surface area contributed by atoms with Gasteiger partial charge in [0.1, 0.15) is 13.2 Å². The molecular formula is C16H22O4. The van der Waals surface area contributed by atoms with Gasteiger partial charge in [0.15, 0.2) is 0 Å². The molecule has 0 saturated carbocycles. The molecule has 0 spiro atoms. The molecule has 1 aromatic carbocycles. The molecule has 0 heterocycles. The second kappa shape index (κ2) is 8.35. The monoisotopic (exact) mass is 278 g/mol. The SMILES string of the molecule is CC(C)Cc1ccc(C(C)C(=O)OCCOC=O)cc1. The molecule has 0 bridgehead atoms. The zero-order chi connectivity index (χ0) is 15.0. The first-order chi connectivity index (χ1) is 9.54. The first kappa shape index (κ1) is 16.2. The zero-order valence-electron chi connectivity index (χ0n) is 12.3. The van der Waals surface area contributed by atoms with Crippen LogP contribution in [0.25, 0.3) is 0 Å². The van der Waals surface area contributed by atoms with Gasteiger partial charge in [-0.2, -0.15) is 0 Å². The largest absolute Gasteiger partial charge is 0.464 e. The van der Waals surface area contributed by atoms with Crippen LogP contribution in [0, 0.1) is 5.92 Å². The molecule has 0 aromatic heterocycles. The molecule has 0 saturated heterocycles. The number of carbonyl (C=O) groups excluding carboxylic acids is 2. The number of rotatable bonds is 8. The fourth-order valence-corrected chi connectivity index (χ4v) is 1.91. The van der Waals surface area contributed by atoms with Gasteiger partial charge in [-0.25, -0.2) is 0 Å². The topological polar surface area (TPSA) is 52.6 Å². The molecule has 1 rings (SSSR count). The summed E-state index contributed by atoms with van der Waals surface area (Å²) in [6.45, 7) is 6.68. The van der Waals surface area contributed by atoms with Crippen LogP contribution >= 0.6 is 0 Å². The Hall–Kier alpha value is -1.84. The van der Waals surface area contributed by atoms with E-state index >= 15 is 0 Å². The Morgan fingerprint density at radius 3 is 2.35 bits per heavy atom. The number of carbonyl (C=O) groups is 2. The van der Waals surface area contributed by atoms with Gasteiger partial charge in [0.05, 0.1) is 5.92 Å². The van der Waals surface area contributed by atoms with E-state index in [4.69, 9.17) is 4.74 Å². The summed E-state index contributed by atoms with van der Waals surface area (Å²) in [7, 11) is 0. The summed E-state index contributed by atoms with van der Waals surface area (Å²) in [4.78, 5) is 21.8. The van der Waals surface area contributed by atoms with Gasteiger partial charge in [-0.3, -0.25) is 9.59 Å². The summed E-state index contributed by atoms with van der Waals surface area (Å²) in [5, 5.41) is 0. The average Bonchev–Trinajstić information content (AvgIpc) is 2.43. The third kappa shape index (κ3) is 5.43. The van der Waals surface area contributed by atoms with Crippen LogP contribution in [0.5, 0.6) is 0 Å². The van der Waals surface area contributed by atoms with E-state index in [1.807, 2.05) is 12.1 Å². The van der Waals surface area contributed by atoms with Crippen LogP contribution in [-0.4, -0.2) is 25.7 Å². The van der Waals surface area contributed by atoms with Crippen molar-refractivity contribution < 1.29 is 19.1 Å². The van der Waals surface area contributed by atoms with Gasteiger partial charge in [0.25, 0.3) is 6.47 Å². The molecular weight excluding hydrogens is 256 g/mol.